The van der Waals surface area contributed by atoms with Crippen molar-refractivity contribution >= 4 is 11.6 Å². The summed E-state index contributed by atoms with van der Waals surface area (Å²) in [5.41, 5.74) is 2.75. The largest absolute Gasteiger partial charge is 0.396 e. The van der Waals surface area contributed by atoms with Crippen LogP contribution in [0.5, 0.6) is 0 Å². The van der Waals surface area contributed by atoms with Gasteiger partial charge in [-0.1, -0.05) is 0 Å². The predicted molar refractivity (Wildman–Crippen MR) is 78.6 cm³/mol. The van der Waals surface area contributed by atoms with Gasteiger partial charge in [0, 0.05) is 37.5 Å². The van der Waals surface area contributed by atoms with Crippen LogP contribution >= 0.6 is 0 Å². The number of benzene rings is 1. The van der Waals surface area contributed by atoms with Crippen molar-refractivity contribution in [3.05, 3.63) is 29.3 Å². The van der Waals surface area contributed by atoms with Crippen molar-refractivity contribution in [3.63, 3.8) is 0 Å². The summed E-state index contributed by atoms with van der Waals surface area (Å²) in [5.74, 6) is 0.0384. The lowest BCUT2D eigenvalue weighted by atomic mass is 10.1. The summed E-state index contributed by atoms with van der Waals surface area (Å²) < 4.78 is 0. The molecular formula is C15H24N2O2. The van der Waals surface area contributed by atoms with Crippen LogP contribution in [-0.4, -0.2) is 42.2 Å². The quantitative estimate of drug-likeness (QED) is 0.794. The van der Waals surface area contributed by atoms with Crippen LogP contribution in [-0.2, 0) is 0 Å². The first-order valence-electron chi connectivity index (χ1n) is 6.88. The third kappa shape index (κ3) is 4.24. The van der Waals surface area contributed by atoms with Gasteiger partial charge in [0.2, 0.25) is 0 Å². The normalized spacial score (nSPS) is 10.3. The number of carbonyl (C=O) groups excluding carboxylic acids is 1. The maximum absolute atomic E-state index is 12.4. The Hall–Kier alpha value is -1.55. The average molecular weight is 264 g/mol. The number of aliphatic hydroxyl groups is 1. The summed E-state index contributed by atoms with van der Waals surface area (Å²) >= 11 is 0. The van der Waals surface area contributed by atoms with E-state index in [9.17, 15) is 4.79 Å². The van der Waals surface area contributed by atoms with Crippen LogP contribution in [0.1, 0.15) is 36.2 Å². The maximum atomic E-state index is 12.4. The molecule has 0 aliphatic rings. The van der Waals surface area contributed by atoms with Crippen LogP contribution in [0.4, 0.5) is 5.69 Å². The van der Waals surface area contributed by atoms with Crippen molar-refractivity contribution in [1.82, 2.24) is 4.90 Å². The van der Waals surface area contributed by atoms with Gasteiger partial charge < -0.3 is 15.3 Å². The minimum atomic E-state index is 0.0384. The fourth-order valence-electron chi connectivity index (χ4n) is 2.05. The minimum absolute atomic E-state index is 0.0384. The van der Waals surface area contributed by atoms with Crippen molar-refractivity contribution in [2.45, 2.75) is 27.2 Å². The smallest absolute Gasteiger partial charge is 0.254 e. The van der Waals surface area contributed by atoms with Gasteiger partial charge in [0.1, 0.15) is 0 Å². The standard InChI is InChI=1S/C15H24N2O2/c1-4-16-13-7-8-14(12(3)11-13)15(19)17(5-2)9-6-10-18/h7-8,11,16,18H,4-6,9-10H2,1-3H3. The van der Waals surface area contributed by atoms with E-state index in [0.717, 1.165) is 23.4 Å². The molecule has 0 heterocycles. The first-order valence-corrected chi connectivity index (χ1v) is 6.88. The van der Waals surface area contributed by atoms with Crippen LogP contribution in [0, 0.1) is 6.92 Å². The molecule has 1 aromatic rings. The van der Waals surface area contributed by atoms with Gasteiger partial charge in [-0.2, -0.15) is 0 Å². The highest BCUT2D eigenvalue weighted by molar-refractivity contribution is 5.96. The number of nitrogens with zero attached hydrogens (tertiary/aromatic N) is 1. The number of aliphatic hydroxyl groups excluding tert-OH is 1. The Morgan fingerprint density at radius 1 is 1.37 bits per heavy atom. The number of hydrogen-bond acceptors (Lipinski definition) is 3. The Morgan fingerprint density at radius 2 is 2.11 bits per heavy atom. The van der Waals surface area contributed by atoms with Crippen molar-refractivity contribution in [2.75, 3.05) is 31.6 Å². The predicted octanol–water partition coefficient (Wildman–Crippen LogP) is 2.27. The Kier molecular flexibility index (Phi) is 6.36. The van der Waals surface area contributed by atoms with Gasteiger partial charge in [-0.3, -0.25) is 4.79 Å². The van der Waals surface area contributed by atoms with Gasteiger partial charge in [-0.15, -0.1) is 0 Å². The molecule has 19 heavy (non-hydrogen) atoms. The third-order valence-corrected chi connectivity index (χ3v) is 3.09. The fourth-order valence-corrected chi connectivity index (χ4v) is 2.05. The van der Waals surface area contributed by atoms with Crippen LogP contribution in [0.3, 0.4) is 0 Å². The lowest BCUT2D eigenvalue weighted by molar-refractivity contribution is 0.0753. The van der Waals surface area contributed by atoms with Gasteiger partial charge in [0.25, 0.3) is 5.91 Å². The SMILES string of the molecule is CCNc1ccc(C(=O)N(CC)CCCO)c(C)c1. The summed E-state index contributed by atoms with van der Waals surface area (Å²) in [6, 6.07) is 5.80. The van der Waals surface area contributed by atoms with E-state index in [1.165, 1.54) is 0 Å². The number of carbonyl (C=O) groups is 1. The van der Waals surface area contributed by atoms with Gasteiger partial charge >= 0.3 is 0 Å². The second-order valence-electron chi connectivity index (χ2n) is 4.52. The zero-order valence-corrected chi connectivity index (χ0v) is 12.1. The van der Waals surface area contributed by atoms with Crippen LogP contribution < -0.4 is 5.32 Å². The van der Waals surface area contributed by atoms with Gasteiger partial charge in [-0.05, 0) is 51.0 Å². The number of hydrogen-bond donors (Lipinski definition) is 2. The third-order valence-electron chi connectivity index (χ3n) is 3.09. The molecule has 0 fully saturated rings. The van der Waals surface area contributed by atoms with E-state index < -0.39 is 0 Å². The number of rotatable bonds is 7. The van der Waals surface area contributed by atoms with Gasteiger partial charge in [0.05, 0.1) is 0 Å². The highest BCUT2D eigenvalue weighted by Gasteiger charge is 2.15. The Labute approximate surface area is 115 Å². The van der Waals surface area contributed by atoms with E-state index >= 15 is 0 Å². The molecule has 2 N–H and O–H groups in total. The highest BCUT2D eigenvalue weighted by atomic mass is 16.3. The fraction of sp³-hybridized carbons (Fsp3) is 0.533. The molecule has 106 valence electrons. The lowest BCUT2D eigenvalue weighted by Crippen LogP contribution is -2.32. The second-order valence-corrected chi connectivity index (χ2v) is 4.52. The van der Waals surface area contributed by atoms with Crippen LogP contribution in [0.25, 0.3) is 0 Å². The molecule has 0 saturated carbocycles. The summed E-state index contributed by atoms with van der Waals surface area (Å²) in [6.45, 7) is 8.19. The van der Waals surface area contributed by atoms with Gasteiger partial charge in [0.15, 0.2) is 0 Å². The van der Waals surface area contributed by atoms with Crippen LogP contribution in [0.15, 0.2) is 18.2 Å². The molecule has 1 amide bonds. The molecule has 0 radical (unpaired) electrons. The lowest BCUT2D eigenvalue weighted by Gasteiger charge is -2.21. The Morgan fingerprint density at radius 3 is 2.63 bits per heavy atom. The van der Waals surface area contributed by atoms with E-state index in [1.54, 1.807) is 4.90 Å². The molecular weight excluding hydrogens is 240 g/mol. The van der Waals surface area contributed by atoms with Crippen molar-refractivity contribution in [1.29, 1.82) is 0 Å². The topological polar surface area (TPSA) is 52.6 Å². The van der Waals surface area contributed by atoms with E-state index in [-0.39, 0.29) is 12.5 Å². The Balaban J connectivity index is 2.85. The molecule has 0 atom stereocenters. The molecule has 0 spiro atoms. The summed E-state index contributed by atoms with van der Waals surface area (Å²) in [4.78, 5) is 14.2. The number of anilines is 1. The summed E-state index contributed by atoms with van der Waals surface area (Å²) in [7, 11) is 0. The number of amides is 1. The van der Waals surface area contributed by atoms with Crippen molar-refractivity contribution in [3.8, 4) is 0 Å². The minimum Gasteiger partial charge on any atom is -0.396 e. The monoisotopic (exact) mass is 264 g/mol. The first kappa shape index (κ1) is 15.5. The molecule has 1 rings (SSSR count). The summed E-state index contributed by atoms with van der Waals surface area (Å²) in [6.07, 6.45) is 0.619. The molecule has 0 saturated heterocycles. The van der Waals surface area contributed by atoms with Crippen LogP contribution in [0.2, 0.25) is 0 Å². The van der Waals surface area contributed by atoms with Crippen molar-refractivity contribution in [2.24, 2.45) is 0 Å². The molecule has 0 unspecified atom stereocenters. The van der Waals surface area contributed by atoms with E-state index in [2.05, 4.69) is 5.32 Å². The molecule has 4 nitrogen and oxygen atoms in total. The molecule has 0 aliphatic carbocycles. The highest BCUT2D eigenvalue weighted by Crippen LogP contribution is 2.17. The number of aryl methyl sites for hydroxylation is 1. The average Bonchev–Trinajstić information content (AvgIpc) is 2.40. The van der Waals surface area contributed by atoms with E-state index in [0.29, 0.717) is 19.5 Å². The first-order chi connectivity index (χ1) is 9.13. The number of nitrogens with one attached hydrogen (secondary N) is 1. The molecule has 0 bridgehead atoms. The molecule has 1 aromatic carbocycles. The zero-order valence-electron chi connectivity index (χ0n) is 12.1. The Bertz CT molecular complexity index is 419. The maximum Gasteiger partial charge on any atom is 0.254 e. The second kappa shape index (κ2) is 7.79. The zero-order chi connectivity index (χ0) is 14.3. The van der Waals surface area contributed by atoms with Crippen molar-refractivity contribution < 1.29 is 9.90 Å². The van der Waals surface area contributed by atoms with Gasteiger partial charge in [-0.25, -0.2) is 0 Å². The molecule has 0 aromatic heterocycles. The van der Waals surface area contributed by atoms with E-state index in [1.807, 2.05) is 39.0 Å². The van der Waals surface area contributed by atoms with E-state index in [4.69, 9.17) is 5.11 Å². The summed E-state index contributed by atoms with van der Waals surface area (Å²) in [5, 5.41) is 12.1. The molecule has 4 heteroatoms. The molecule has 0 aliphatic heterocycles.